The van der Waals surface area contributed by atoms with Crippen molar-refractivity contribution in [3.63, 3.8) is 0 Å². The minimum absolute atomic E-state index is 0.259. The van der Waals surface area contributed by atoms with E-state index in [-0.39, 0.29) is 5.75 Å². The molecule has 0 N–H and O–H groups in total. The van der Waals surface area contributed by atoms with Gasteiger partial charge in [-0.05, 0) is 47.5 Å². The molecule has 0 aliphatic rings. The molecule has 0 unspecified atom stereocenters. The molecule has 0 saturated carbocycles. The van der Waals surface area contributed by atoms with Gasteiger partial charge in [0.1, 0.15) is 11.4 Å². The van der Waals surface area contributed by atoms with Crippen molar-refractivity contribution in [3.05, 3.63) is 79.1 Å². The lowest BCUT2D eigenvalue weighted by Crippen LogP contribution is -2.17. The van der Waals surface area contributed by atoms with Gasteiger partial charge in [0.05, 0.1) is 17.6 Å². The second-order valence-corrected chi connectivity index (χ2v) is 5.89. The molecule has 140 valence electrons. The molecule has 0 saturated heterocycles. The molecule has 0 spiro atoms. The summed E-state index contributed by atoms with van der Waals surface area (Å²) in [6.07, 6.45) is -1.28. The maximum atomic E-state index is 12.4. The summed E-state index contributed by atoms with van der Waals surface area (Å²) in [6, 6.07) is 18.6. The van der Waals surface area contributed by atoms with Crippen LogP contribution in [0.4, 0.5) is 13.2 Å². The lowest BCUT2D eigenvalue weighted by molar-refractivity contribution is -0.274. The van der Waals surface area contributed by atoms with Gasteiger partial charge in [-0.25, -0.2) is 4.68 Å². The number of nitrogens with zero attached hydrogens (tertiary/aromatic N) is 4. The van der Waals surface area contributed by atoms with Crippen molar-refractivity contribution >= 4 is 0 Å². The largest absolute Gasteiger partial charge is 0.573 e. The van der Waals surface area contributed by atoms with Gasteiger partial charge in [-0.15, -0.1) is 18.3 Å². The van der Waals surface area contributed by atoms with E-state index in [1.165, 1.54) is 18.2 Å². The molecule has 0 atom stereocenters. The zero-order chi connectivity index (χ0) is 19.6. The molecule has 0 amide bonds. The van der Waals surface area contributed by atoms with Gasteiger partial charge >= 0.3 is 6.36 Å². The Hall–Kier alpha value is -3.68. The van der Waals surface area contributed by atoms with E-state index in [9.17, 15) is 13.2 Å². The maximum Gasteiger partial charge on any atom is 0.573 e. The van der Waals surface area contributed by atoms with Gasteiger partial charge < -0.3 is 4.74 Å². The van der Waals surface area contributed by atoms with Crippen molar-refractivity contribution in [2.45, 2.75) is 6.36 Å². The highest BCUT2D eigenvalue weighted by Gasteiger charge is 2.31. The number of alkyl halides is 3. The third-order valence-corrected chi connectivity index (χ3v) is 3.95. The number of benzene rings is 2. The first-order valence-electron chi connectivity index (χ1n) is 8.28. The normalized spacial score (nSPS) is 11.4. The summed E-state index contributed by atoms with van der Waals surface area (Å²) >= 11 is 0. The van der Waals surface area contributed by atoms with Crippen LogP contribution >= 0.6 is 0 Å². The van der Waals surface area contributed by atoms with Gasteiger partial charge in [0, 0.05) is 6.20 Å². The monoisotopic (exact) mass is 382 g/mol. The third kappa shape index (κ3) is 4.01. The van der Waals surface area contributed by atoms with E-state index in [0.717, 1.165) is 11.3 Å². The number of rotatable bonds is 4. The van der Waals surface area contributed by atoms with E-state index in [4.69, 9.17) is 0 Å². The third-order valence-electron chi connectivity index (χ3n) is 3.95. The summed E-state index contributed by atoms with van der Waals surface area (Å²) in [4.78, 5) is 4.24. The Balaban J connectivity index is 1.57. The van der Waals surface area contributed by atoms with Crippen molar-refractivity contribution in [3.8, 4) is 34.0 Å². The summed E-state index contributed by atoms with van der Waals surface area (Å²) in [6.45, 7) is 0. The predicted molar refractivity (Wildman–Crippen MR) is 96.7 cm³/mol. The van der Waals surface area contributed by atoms with Crippen LogP contribution in [0.1, 0.15) is 0 Å². The minimum Gasteiger partial charge on any atom is -0.406 e. The molecule has 0 fully saturated rings. The Bertz CT molecular complexity index is 1080. The SMILES string of the molecule is FC(F)(F)Oc1cccc(-c2ccc(-n3cc(-c4ccccn4)nn3)cc2)c1. The lowest BCUT2D eigenvalue weighted by Gasteiger charge is -2.10. The van der Waals surface area contributed by atoms with Gasteiger partial charge in [0.15, 0.2) is 0 Å². The van der Waals surface area contributed by atoms with Gasteiger partial charge in [-0.2, -0.15) is 0 Å². The molecule has 0 radical (unpaired) electrons. The zero-order valence-electron chi connectivity index (χ0n) is 14.3. The number of ether oxygens (including phenoxy) is 1. The van der Waals surface area contributed by atoms with E-state index >= 15 is 0 Å². The standard InChI is InChI=1S/C20H13F3N4O/c21-20(22,23)28-17-5-3-4-15(12-17)14-7-9-16(10-8-14)27-13-19(25-26-27)18-6-1-2-11-24-18/h1-13H. The van der Waals surface area contributed by atoms with Crippen LogP contribution in [0.3, 0.4) is 0 Å². The molecule has 2 aromatic carbocycles. The summed E-state index contributed by atoms with van der Waals surface area (Å²) in [5.41, 5.74) is 3.48. The van der Waals surface area contributed by atoms with Crippen LogP contribution in [-0.2, 0) is 0 Å². The molecule has 2 aromatic heterocycles. The molecule has 4 aromatic rings. The van der Waals surface area contributed by atoms with E-state index in [0.29, 0.717) is 17.0 Å². The van der Waals surface area contributed by atoms with Crippen molar-refractivity contribution in [2.75, 3.05) is 0 Å². The zero-order valence-corrected chi connectivity index (χ0v) is 14.3. The second kappa shape index (κ2) is 7.15. The van der Waals surface area contributed by atoms with Gasteiger partial charge in [-0.3, -0.25) is 4.98 Å². The van der Waals surface area contributed by atoms with Crippen LogP contribution in [-0.4, -0.2) is 26.3 Å². The molecule has 5 nitrogen and oxygen atoms in total. The molecular weight excluding hydrogens is 369 g/mol. The number of hydrogen-bond donors (Lipinski definition) is 0. The number of pyridine rings is 1. The van der Waals surface area contributed by atoms with Crippen LogP contribution < -0.4 is 4.74 Å². The molecular formula is C20H13F3N4O. The van der Waals surface area contributed by atoms with E-state index in [1.807, 2.05) is 30.3 Å². The molecule has 28 heavy (non-hydrogen) atoms. The number of aromatic nitrogens is 4. The summed E-state index contributed by atoms with van der Waals surface area (Å²) < 4.78 is 42.8. The Kier molecular flexibility index (Phi) is 4.52. The first kappa shape index (κ1) is 17.7. The van der Waals surface area contributed by atoms with Crippen molar-refractivity contribution in [2.24, 2.45) is 0 Å². The lowest BCUT2D eigenvalue weighted by atomic mass is 10.1. The van der Waals surface area contributed by atoms with E-state index in [2.05, 4.69) is 20.0 Å². The Morgan fingerprint density at radius 2 is 1.64 bits per heavy atom. The Labute approximate surface area is 158 Å². The molecule has 8 heteroatoms. The summed E-state index contributed by atoms with van der Waals surface area (Å²) in [7, 11) is 0. The van der Waals surface area contributed by atoms with Crippen molar-refractivity contribution in [1.82, 2.24) is 20.0 Å². The fourth-order valence-electron chi connectivity index (χ4n) is 2.70. The highest BCUT2D eigenvalue weighted by Crippen LogP contribution is 2.28. The highest BCUT2D eigenvalue weighted by atomic mass is 19.4. The summed E-state index contributed by atoms with van der Waals surface area (Å²) in [5.74, 6) is -0.259. The quantitative estimate of drug-likeness (QED) is 0.504. The second-order valence-electron chi connectivity index (χ2n) is 5.89. The minimum atomic E-state index is -4.72. The molecule has 2 heterocycles. The first-order valence-corrected chi connectivity index (χ1v) is 8.28. The van der Waals surface area contributed by atoms with Crippen LogP contribution in [0.2, 0.25) is 0 Å². The average molecular weight is 382 g/mol. The van der Waals surface area contributed by atoms with Crippen LogP contribution in [0.25, 0.3) is 28.2 Å². The predicted octanol–water partition coefficient (Wildman–Crippen LogP) is 4.89. The van der Waals surface area contributed by atoms with Gasteiger partial charge in [0.25, 0.3) is 0 Å². The van der Waals surface area contributed by atoms with Crippen LogP contribution in [0, 0.1) is 0 Å². The average Bonchev–Trinajstić information content (AvgIpc) is 3.18. The fraction of sp³-hybridized carbons (Fsp3) is 0.0500. The van der Waals surface area contributed by atoms with Crippen LogP contribution in [0.5, 0.6) is 5.75 Å². The van der Waals surface area contributed by atoms with E-state index < -0.39 is 6.36 Å². The van der Waals surface area contributed by atoms with Gasteiger partial charge in [-0.1, -0.05) is 35.5 Å². The molecule has 0 bridgehead atoms. The topological polar surface area (TPSA) is 52.8 Å². The van der Waals surface area contributed by atoms with Crippen LogP contribution in [0.15, 0.2) is 79.1 Å². The Morgan fingerprint density at radius 1 is 0.821 bits per heavy atom. The molecule has 4 rings (SSSR count). The van der Waals surface area contributed by atoms with E-state index in [1.54, 1.807) is 35.3 Å². The smallest absolute Gasteiger partial charge is 0.406 e. The molecule has 0 aliphatic carbocycles. The summed E-state index contributed by atoms with van der Waals surface area (Å²) in [5, 5.41) is 8.22. The molecule has 0 aliphatic heterocycles. The first-order chi connectivity index (χ1) is 13.5. The Morgan fingerprint density at radius 3 is 2.36 bits per heavy atom. The van der Waals surface area contributed by atoms with Crippen molar-refractivity contribution in [1.29, 1.82) is 0 Å². The maximum absolute atomic E-state index is 12.4. The highest BCUT2D eigenvalue weighted by molar-refractivity contribution is 5.66. The fourth-order valence-corrected chi connectivity index (χ4v) is 2.70. The number of hydrogen-bond acceptors (Lipinski definition) is 4. The number of halogens is 3. The van der Waals surface area contributed by atoms with Gasteiger partial charge in [0.2, 0.25) is 0 Å². The van der Waals surface area contributed by atoms with Crippen molar-refractivity contribution < 1.29 is 17.9 Å².